The highest BCUT2D eigenvalue weighted by Crippen LogP contribution is 2.24. The molecule has 0 aromatic carbocycles. The van der Waals surface area contributed by atoms with E-state index in [1.807, 2.05) is 16.2 Å². The summed E-state index contributed by atoms with van der Waals surface area (Å²) in [5.74, 6) is 0.445. The molecule has 0 unspecified atom stereocenters. The number of piperazine rings is 1. The van der Waals surface area contributed by atoms with E-state index in [1.165, 1.54) is 16.0 Å². The maximum atomic E-state index is 12.2. The van der Waals surface area contributed by atoms with Crippen LogP contribution in [-0.2, 0) is 13.0 Å². The maximum absolute atomic E-state index is 12.2. The molecule has 22 heavy (non-hydrogen) atoms. The summed E-state index contributed by atoms with van der Waals surface area (Å²) in [7, 11) is 0. The van der Waals surface area contributed by atoms with Gasteiger partial charge in [0.15, 0.2) is 5.76 Å². The summed E-state index contributed by atoms with van der Waals surface area (Å²) in [5.41, 5.74) is 2.95. The summed E-state index contributed by atoms with van der Waals surface area (Å²) in [6.45, 7) is 8.80. The van der Waals surface area contributed by atoms with Gasteiger partial charge >= 0.3 is 0 Å². The van der Waals surface area contributed by atoms with E-state index in [2.05, 4.69) is 24.1 Å². The molecule has 2 aromatic heterocycles. The molecule has 3 heterocycles. The predicted molar refractivity (Wildman–Crippen MR) is 88.3 cm³/mol. The number of carbonyl (C=O) groups excluding carboxylic acids is 1. The Morgan fingerprint density at radius 2 is 2.09 bits per heavy atom. The van der Waals surface area contributed by atoms with Gasteiger partial charge in [-0.15, -0.1) is 11.3 Å². The lowest BCUT2D eigenvalue weighted by molar-refractivity contribution is 0.0597. The van der Waals surface area contributed by atoms with Crippen LogP contribution in [0.25, 0.3) is 0 Å². The van der Waals surface area contributed by atoms with E-state index in [1.54, 1.807) is 18.4 Å². The van der Waals surface area contributed by atoms with Gasteiger partial charge in [0.05, 0.1) is 6.26 Å². The van der Waals surface area contributed by atoms with Gasteiger partial charge in [0, 0.05) is 37.6 Å². The summed E-state index contributed by atoms with van der Waals surface area (Å²) in [5, 5.41) is 2.29. The lowest BCUT2D eigenvalue weighted by atomic mass is 10.1. The zero-order chi connectivity index (χ0) is 15.5. The van der Waals surface area contributed by atoms with Crippen LogP contribution in [0.15, 0.2) is 28.2 Å². The molecule has 5 heteroatoms. The molecule has 0 aliphatic carbocycles. The zero-order valence-electron chi connectivity index (χ0n) is 13.2. The normalized spacial score (nSPS) is 16.2. The Labute approximate surface area is 135 Å². The van der Waals surface area contributed by atoms with E-state index in [4.69, 9.17) is 4.42 Å². The molecule has 1 aliphatic rings. The van der Waals surface area contributed by atoms with Crippen molar-refractivity contribution in [2.75, 3.05) is 26.2 Å². The first-order valence-corrected chi connectivity index (χ1v) is 8.68. The summed E-state index contributed by atoms with van der Waals surface area (Å²) < 4.78 is 5.20. The molecule has 1 saturated heterocycles. The molecule has 1 fully saturated rings. The lowest BCUT2D eigenvalue weighted by Gasteiger charge is -2.34. The first kappa shape index (κ1) is 15.3. The molecule has 0 atom stereocenters. The van der Waals surface area contributed by atoms with Crippen LogP contribution in [-0.4, -0.2) is 41.9 Å². The molecular formula is C17H22N2O2S. The number of rotatable bonds is 4. The van der Waals surface area contributed by atoms with Crippen molar-refractivity contribution in [1.29, 1.82) is 0 Å². The average Bonchev–Trinajstić information content (AvgIpc) is 3.18. The minimum absolute atomic E-state index is 0.00488. The minimum atomic E-state index is 0.00488. The fourth-order valence-electron chi connectivity index (χ4n) is 3.04. The number of hydrogen-bond acceptors (Lipinski definition) is 4. The molecule has 0 spiro atoms. The van der Waals surface area contributed by atoms with Gasteiger partial charge in [-0.1, -0.05) is 6.92 Å². The van der Waals surface area contributed by atoms with Crippen LogP contribution in [0.2, 0.25) is 0 Å². The molecular weight excluding hydrogens is 296 g/mol. The number of aryl methyl sites for hydroxylation is 1. The molecule has 0 bridgehead atoms. The van der Waals surface area contributed by atoms with Crippen molar-refractivity contribution in [3.63, 3.8) is 0 Å². The maximum Gasteiger partial charge on any atom is 0.289 e. The fraction of sp³-hybridized carbons (Fsp3) is 0.471. The van der Waals surface area contributed by atoms with Crippen LogP contribution >= 0.6 is 11.3 Å². The molecule has 1 aliphatic heterocycles. The third-order valence-electron chi connectivity index (χ3n) is 4.33. The highest BCUT2D eigenvalue weighted by molar-refractivity contribution is 7.10. The zero-order valence-corrected chi connectivity index (χ0v) is 14.0. The Hall–Kier alpha value is -1.59. The van der Waals surface area contributed by atoms with Gasteiger partial charge in [-0.05, 0) is 42.0 Å². The Kier molecular flexibility index (Phi) is 4.64. The van der Waals surface area contributed by atoms with Crippen molar-refractivity contribution in [2.24, 2.45) is 0 Å². The SMILES string of the molecule is CCc1c(CN2CCN(C(=O)c3ccco3)CC2)csc1C. The third-order valence-corrected chi connectivity index (χ3v) is 5.33. The van der Waals surface area contributed by atoms with Crippen molar-refractivity contribution in [2.45, 2.75) is 26.8 Å². The van der Waals surface area contributed by atoms with Gasteiger partial charge in [-0.25, -0.2) is 0 Å². The van der Waals surface area contributed by atoms with Gasteiger partial charge in [-0.3, -0.25) is 9.69 Å². The number of carbonyl (C=O) groups is 1. The Morgan fingerprint density at radius 1 is 1.32 bits per heavy atom. The Balaban J connectivity index is 1.57. The second-order valence-corrected chi connectivity index (χ2v) is 6.78. The minimum Gasteiger partial charge on any atom is -0.459 e. The van der Waals surface area contributed by atoms with Crippen LogP contribution in [0.5, 0.6) is 0 Å². The third kappa shape index (κ3) is 3.10. The average molecular weight is 318 g/mol. The molecule has 1 amide bonds. The first-order valence-electron chi connectivity index (χ1n) is 7.80. The number of thiophene rings is 1. The van der Waals surface area contributed by atoms with Crippen LogP contribution in [0.3, 0.4) is 0 Å². The molecule has 118 valence electrons. The molecule has 0 radical (unpaired) electrons. The van der Waals surface area contributed by atoms with Gasteiger partial charge in [0.1, 0.15) is 0 Å². The van der Waals surface area contributed by atoms with E-state index >= 15 is 0 Å². The number of amides is 1. The lowest BCUT2D eigenvalue weighted by Crippen LogP contribution is -2.48. The van der Waals surface area contributed by atoms with Crippen molar-refractivity contribution < 1.29 is 9.21 Å². The fourth-order valence-corrected chi connectivity index (χ4v) is 4.00. The standard InChI is InChI=1S/C17H22N2O2S/c1-3-15-13(2)22-12-14(15)11-18-6-8-19(9-7-18)17(20)16-5-4-10-21-16/h4-5,10,12H,3,6-9,11H2,1-2H3. The molecule has 0 saturated carbocycles. The molecule has 3 rings (SSSR count). The Bertz CT molecular complexity index is 625. The second kappa shape index (κ2) is 6.67. The van der Waals surface area contributed by atoms with Gasteiger partial charge < -0.3 is 9.32 Å². The van der Waals surface area contributed by atoms with Crippen molar-refractivity contribution in [3.8, 4) is 0 Å². The summed E-state index contributed by atoms with van der Waals surface area (Å²) >= 11 is 1.84. The van der Waals surface area contributed by atoms with E-state index in [-0.39, 0.29) is 5.91 Å². The van der Waals surface area contributed by atoms with Gasteiger partial charge in [0.2, 0.25) is 0 Å². The second-order valence-electron chi connectivity index (χ2n) is 5.69. The molecule has 4 nitrogen and oxygen atoms in total. The highest BCUT2D eigenvalue weighted by atomic mass is 32.1. The van der Waals surface area contributed by atoms with E-state index in [0.717, 1.165) is 39.1 Å². The highest BCUT2D eigenvalue weighted by Gasteiger charge is 2.24. The predicted octanol–water partition coefficient (Wildman–Crippen LogP) is 3.17. The van der Waals surface area contributed by atoms with E-state index in [9.17, 15) is 4.79 Å². The molecule has 0 N–H and O–H groups in total. The smallest absolute Gasteiger partial charge is 0.289 e. The number of nitrogens with zero attached hydrogens (tertiary/aromatic N) is 2. The monoisotopic (exact) mass is 318 g/mol. The molecule has 2 aromatic rings. The Morgan fingerprint density at radius 3 is 2.73 bits per heavy atom. The van der Waals surface area contributed by atoms with Crippen molar-refractivity contribution >= 4 is 17.2 Å². The van der Waals surface area contributed by atoms with Crippen LogP contribution in [0, 0.1) is 6.92 Å². The van der Waals surface area contributed by atoms with Crippen LogP contribution in [0.4, 0.5) is 0 Å². The summed E-state index contributed by atoms with van der Waals surface area (Å²) in [6, 6.07) is 3.49. The topological polar surface area (TPSA) is 36.7 Å². The number of furan rings is 1. The van der Waals surface area contributed by atoms with Crippen molar-refractivity contribution in [3.05, 3.63) is 45.5 Å². The first-order chi connectivity index (χ1) is 10.7. The number of hydrogen-bond donors (Lipinski definition) is 0. The van der Waals surface area contributed by atoms with Gasteiger partial charge in [-0.2, -0.15) is 0 Å². The van der Waals surface area contributed by atoms with E-state index in [0.29, 0.717) is 5.76 Å². The van der Waals surface area contributed by atoms with Crippen LogP contribution in [0.1, 0.15) is 33.5 Å². The quantitative estimate of drug-likeness (QED) is 0.869. The largest absolute Gasteiger partial charge is 0.459 e. The van der Waals surface area contributed by atoms with E-state index < -0.39 is 0 Å². The van der Waals surface area contributed by atoms with Gasteiger partial charge in [0.25, 0.3) is 5.91 Å². The van der Waals surface area contributed by atoms with Crippen molar-refractivity contribution in [1.82, 2.24) is 9.80 Å². The summed E-state index contributed by atoms with van der Waals surface area (Å²) in [6.07, 6.45) is 2.65. The van der Waals surface area contributed by atoms with Crippen LogP contribution < -0.4 is 0 Å². The summed E-state index contributed by atoms with van der Waals surface area (Å²) in [4.78, 5) is 18.0.